The first-order valence-corrected chi connectivity index (χ1v) is 7.62. The monoisotopic (exact) mass is 327 g/mol. The van der Waals surface area contributed by atoms with E-state index in [-0.39, 0.29) is 18.1 Å². The molecule has 2 aromatic carbocycles. The Morgan fingerprint density at radius 3 is 2.33 bits per heavy atom. The first kappa shape index (κ1) is 17.5. The van der Waals surface area contributed by atoms with Crippen molar-refractivity contribution in [3.05, 3.63) is 59.7 Å². The van der Waals surface area contributed by atoms with Crippen LogP contribution in [-0.2, 0) is 4.79 Å². The van der Waals surface area contributed by atoms with Crippen molar-refractivity contribution in [1.82, 2.24) is 5.32 Å². The second-order valence-electron chi connectivity index (χ2n) is 5.35. The van der Waals surface area contributed by atoms with Gasteiger partial charge in [-0.25, -0.2) is 0 Å². The van der Waals surface area contributed by atoms with Crippen LogP contribution in [0, 0.1) is 0 Å². The van der Waals surface area contributed by atoms with Gasteiger partial charge < -0.3 is 14.8 Å². The first-order chi connectivity index (χ1) is 11.5. The minimum Gasteiger partial charge on any atom is -0.497 e. The molecular formula is C19H21NO4. The normalized spacial score (nSPS) is 11.5. The summed E-state index contributed by atoms with van der Waals surface area (Å²) in [5, 5.41) is 2.83. The molecule has 1 unspecified atom stereocenters. The van der Waals surface area contributed by atoms with Crippen LogP contribution in [0.15, 0.2) is 48.5 Å². The zero-order chi connectivity index (χ0) is 17.5. The van der Waals surface area contributed by atoms with E-state index in [4.69, 9.17) is 9.47 Å². The second kappa shape index (κ2) is 8.15. The van der Waals surface area contributed by atoms with Gasteiger partial charge in [-0.05, 0) is 18.2 Å². The van der Waals surface area contributed by atoms with Gasteiger partial charge in [0, 0.05) is 24.5 Å². The SMILES string of the molecule is COc1ccc(OC)c(C(CC(=O)c2ccccc2)NC(C)=O)c1. The Labute approximate surface area is 141 Å². The fourth-order valence-electron chi connectivity index (χ4n) is 2.52. The highest BCUT2D eigenvalue weighted by Crippen LogP contribution is 2.31. The van der Waals surface area contributed by atoms with Gasteiger partial charge in [0.15, 0.2) is 5.78 Å². The van der Waals surface area contributed by atoms with Crippen molar-refractivity contribution in [2.24, 2.45) is 0 Å². The number of hydrogen-bond acceptors (Lipinski definition) is 4. The zero-order valence-electron chi connectivity index (χ0n) is 14.0. The number of carbonyl (C=O) groups excluding carboxylic acids is 2. The highest BCUT2D eigenvalue weighted by molar-refractivity contribution is 5.96. The summed E-state index contributed by atoms with van der Waals surface area (Å²) < 4.78 is 10.6. The molecule has 1 amide bonds. The number of benzene rings is 2. The number of Topliss-reactive ketones (excluding diaryl/α,β-unsaturated/α-hetero) is 1. The summed E-state index contributed by atoms with van der Waals surface area (Å²) in [5.74, 6) is 0.952. The van der Waals surface area contributed by atoms with E-state index in [1.54, 1.807) is 44.6 Å². The first-order valence-electron chi connectivity index (χ1n) is 7.62. The number of ketones is 1. The lowest BCUT2D eigenvalue weighted by atomic mass is 9.96. The number of ether oxygens (including phenoxy) is 2. The summed E-state index contributed by atoms with van der Waals surface area (Å²) in [5.41, 5.74) is 1.31. The number of nitrogens with one attached hydrogen (secondary N) is 1. The number of amides is 1. The van der Waals surface area contributed by atoms with Gasteiger partial charge in [0.05, 0.1) is 20.3 Å². The van der Waals surface area contributed by atoms with Crippen LogP contribution in [0.2, 0.25) is 0 Å². The van der Waals surface area contributed by atoms with Gasteiger partial charge in [0.1, 0.15) is 11.5 Å². The molecule has 5 heteroatoms. The molecule has 0 aliphatic carbocycles. The Hall–Kier alpha value is -2.82. The lowest BCUT2D eigenvalue weighted by Crippen LogP contribution is -2.28. The maximum absolute atomic E-state index is 12.5. The van der Waals surface area contributed by atoms with Crippen molar-refractivity contribution in [2.45, 2.75) is 19.4 Å². The Balaban J connectivity index is 2.35. The van der Waals surface area contributed by atoms with Gasteiger partial charge >= 0.3 is 0 Å². The Morgan fingerprint density at radius 1 is 1.04 bits per heavy atom. The molecule has 0 saturated carbocycles. The second-order valence-corrected chi connectivity index (χ2v) is 5.35. The molecule has 0 radical (unpaired) electrons. The van der Waals surface area contributed by atoms with Gasteiger partial charge in [-0.3, -0.25) is 9.59 Å². The van der Waals surface area contributed by atoms with Crippen LogP contribution in [0.5, 0.6) is 11.5 Å². The van der Waals surface area contributed by atoms with E-state index in [9.17, 15) is 9.59 Å². The molecule has 0 bridgehead atoms. The lowest BCUT2D eigenvalue weighted by Gasteiger charge is -2.21. The fraction of sp³-hybridized carbons (Fsp3) is 0.263. The van der Waals surface area contributed by atoms with Gasteiger partial charge in [0.25, 0.3) is 0 Å². The average molecular weight is 327 g/mol. The summed E-state index contributed by atoms with van der Waals surface area (Å²) in [6.07, 6.45) is 0.132. The Morgan fingerprint density at radius 2 is 1.75 bits per heavy atom. The molecule has 5 nitrogen and oxygen atoms in total. The van der Waals surface area contributed by atoms with Crippen LogP contribution in [-0.4, -0.2) is 25.9 Å². The summed E-state index contributed by atoms with van der Waals surface area (Å²) in [7, 11) is 3.11. The number of methoxy groups -OCH3 is 2. The van der Waals surface area contributed by atoms with Crippen molar-refractivity contribution >= 4 is 11.7 Å². The molecule has 2 aromatic rings. The number of rotatable bonds is 7. The van der Waals surface area contributed by atoms with Crippen molar-refractivity contribution in [1.29, 1.82) is 0 Å². The van der Waals surface area contributed by atoms with Crippen molar-refractivity contribution in [2.75, 3.05) is 14.2 Å². The molecule has 1 N–H and O–H groups in total. The molecule has 1 atom stereocenters. The molecule has 24 heavy (non-hydrogen) atoms. The van der Waals surface area contributed by atoms with Crippen LogP contribution < -0.4 is 14.8 Å². The van der Waals surface area contributed by atoms with E-state index in [2.05, 4.69) is 5.32 Å². The van der Waals surface area contributed by atoms with E-state index >= 15 is 0 Å². The Bertz CT molecular complexity index is 713. The average Bonchev–Trinajstić information content (AvgIpc) is 2.60. The maximum atomic E-state index is 12.5. The van der Waals surface area contributed by atoms with Gasteiger partial charge in [-0.1, -0.05) is 30.3 Å². The largest absolute Gasteiger partial charge is 0.497 e. The molecule has 126 valence electrons. The lowest BCUT2D eigenvalue weighted by molar-refractivity contribution is -0.119. The van der Waals surface area contributed by atoms with Gasteiger partial charge in [-0.15, -0.1) is 0 Å². The third-order valence-corrected chi connectivity index (χ3v) is 3.68. The van der Waals surface area contributed by atoms with E-state index < -0.39 is 6.04 Å². The fourth-order valence-corrected chi connectivity index (χ4v) is 2.52. The number of hydrogen-bond donors (Lipinski definition) is 1. The smallest absolute Gasteiger partial charge is 0.217 e. The molecule has 0 aliphatic rings. The molecule has 0 saturated heterocycles. The summed E-state index contributed by atoms with van der Waals surface area (Å²) >= 11 is 0. The summed E-state index contributed by atoms with van der Waals surface area (Å²) in [6.45, 7) is 1.42. The van der Waals surface area contributed by atoms with Crippen molar-refractivity contribution in [3.8, 4) is 11.5 Å². The van der Waals surface area contributed by atoms with Crippen LogP contribution in [0.25, 0.3) is 0 Å². The van der Waals surface area contributed by atoms with Crippen molar-refractivity contribution in [3.63, 3.8) is 0 Å². The quantitative estimate of drug-likeness (QED) is 0.794. The van der Waals surface area contributed by atoms with Crippen LogP contribution in [0.3, 0.4) is 0 Å². The van der Waals surface area contributed by atoms with E-state index in [1.807, 2.05) is 18.2 Å². The molecule has 0 spiro atoms. The minimum absolute atomic E-state index is 0.0563. The summed E-state index contributed by atoms with van der Waals surface area (Å²) in [6, 6.07) is 13.8. The maximum Gasteiger partial charge on any atom is 0.217 e. The summed E-state index contributed by atoms with van der Waals surface area (Å²) in [4.78, 5) is 24.1. The van der Waals surface area contributed by atoms with Crippen LogP contribution in [0.1, 0.15) is 35.3 Å². The zero-order valence-corrected chi connectivity index (χ0v) is 14.0. The predicted molar refractivity (Wildman–Crippen MR) is 91.5 cm³/mol. The van der Waals surface area contributed by atoms with Gasteiger partial charge in [-0.2, -0.15) is 0 Å². The number of carbonyl (C=O) groups is 2. The third kappa shape index (κ3) is 4.35. The molecule has 0 aromatic heterocycles. The molecule has 0 fully saturated rings. The minimum atomic E-state index is -0.500. The predicted octanol–water partition coefficient (Wildman–Crippen LogP) is 3.15. The highest BCUT2D eigenvalue weighted by Gasteiger charge is 2.22. The van der Waals surface area contributed by atoms with E-state index in [0.29, 0.717) is 22.6 Å². The van der Waals surface area contributed by atoms with E-state index in [1.165, 1.54) is 6.92 Å². The van der Waals surface area contributed by atoms with E-state index in [0.717, 1.165) is 0 Å². The highest BCUT2D eigenvalue weighted by atomic mass is 16.5. The van der Waals surface area contributed by atoms with Gasteiger partial charge in [0.2, 0.25) is 5.91 Å². The van der Waals surface area contributed by atoms with Crippen molar-refractivity contribution < 1.29 is 19.1 Å². The van der Waals surface area contributed by atoms with Crippen LogP contribution >= 0.6 is 0 Å². The molecular weight excluding hydrogens is 306 g/mol. The standard InChI is InChI=1S/C19H21NO4/c1-13(21)20-17(12-18(22)14-7-5-4-6-8-14)16-11-15(23-2)9-10-19(16)24-3/h4-11,17H,12H2,1-3H3,(H,20,21). The molecule has 0 aliphatic heterocycles. The third-order valence-electron chi connectivity index (χ3n) is 3.68. The topological polar surface area (TPSA) is 64.6 Å². The molecule has 2 rings (SSSR count). The Kier molecular flexibility index (Phi) is 5.95. The van der Waals surface area contributed by atoms with Crippen LogP contribution in [0.4, 0.5) is 0 Å². The molecule has 0 heterocycles.